The van der Waals surface area contributed by atoms with E-state index in [0.717, 1.165) is 0 Å². The molecule has 0 saturated carbocycles. The zero-order chi connectivity index (χ0) is 15.8. The van der Waals surface area contributed by atoms with Gasteiger partial charge in [-0.1, -0.05) is 29.8 Å². The Morgan fingerprint density at radius 1 is 1.18 bits per heavy atom. The van der Waals surface area contributed by atoms with E-state index in [9.17, 15) is 4.79 Å². The smallest absolute Gasteiger partial charge is 0.319 e. The predicted octanol–water partition coefficient (Wildman–Crippen LogP) is 3.90. The minimum Gasteiger partial charge on any atom is -0.455 e. The van der Waals surface area contributed by atoms with E-state index in [1.165, 1.54) is 0 Å². The Bertz CT molecular complexity index is 620. The molecule has 0 atom stereocenters. The van der Waals surface area contributed by atoms with E-state index >= 15 is 0 Å². The Labute approximate surface area is 134 Å². The molecule has 5 nitrogen and oxygen atoms in total. The number of urea groups is 1. The van der Waals surface area contributed by atoms with Crippen molar-refractivity contribution in [1.82, 2.24) is 5.32 Å². The van der Waals surface area contributed by atoms with Crippen molar-refractivity contribution in [2.75, 3.05) is 25.6 Å². The highest BCUT2D eigenvalue weighted by Gasteiger charge is 2.09. The van der Waals surface area contributed by atoms with Crippen LogP contribution in [0.15, 0.2) is 48.5 Å². The number of rotatable bonds is 6. The lowest BCUT2D eigenvalue weighted by atomic mass is 10.3. The van der Waals surface area contributed by atoms with Crippen molar-refractivity contribution >= 4 is 23.3 Å². The number of hydrogen-bond acceptors (Lipinski definition) is 3. The molecule has 0 aliphatic carbocycles. The summed E-state index contributed by atoms with van der Waals surface area (Å²) in [4.78, 5) is 11.8. The molecule has 0 aromatic heterocycles. The fourth-order valence-electron chi connectivity index (χ4n) is 1.74. The Morgan fingerprint density at radius 3 is 2.68 bits per heavy atom. The molecule has 0 aliphatic heterocycles. The summed E-state index contributed by atoms with van der Waals surface area (Å²) in [5, 5.41) is 5.89. The molecular weight excluding hydrogens is 304 g/mol. The molecule has 0 saturated heterocycles. The predicted molar refractivity (Wildman–Crippen MR) is 86.9 cm³/mol. The number of hydrogen-bond donors (Lipinski definition) is 2. The van der Waals surface area contributed by atoms with Gasteiger partial charge in [0.05, 0.1) is 12.3 Å². The number of benzene rings is 2. The maximum absolute atomic E-state index is 11.8. The molecule has 22 heavy (non-hydrogen) atoms. The number of para-hydroxylation sites is 1. The van der Waals surface area contributed by atoms with Crippen LogP contribution in [0.3, 0.4) is 0 Å². The first-order chi connectivity index (χ1) is 10.7. The molecule has 0 radical (unpaired) electrons. The second kappa shape index (κ2) is 8.26. The molecule has 0 aliphatic rings. The van der Waals surface area contributed by atoms with Gasteiger partial charge in [0, 0.05) is 18.7 Å². The first-order valence-corrected chi connectivity index (χ1v) is 7.13. The SMILES string of the molecule is COCCNC(=O)Nc1cc(Cl)ccc1Oc1ccccc1. The van der Waals surface area contributed by atoms with Crippen molar-refractivity contribution in [2.45, 2.75) is 0 Å². The molecule has 2 aromatic rings. The highest BCUT2D eigenvalue weighted by Crippen LogP contribution is 2.31. The standard InChI is InChI=1S/C16H17ClN2O3/c1-21-10-9-18-16(20)19-14-11-12(17)7-8-15(14)22-13-5-3-2-4-6-13/h2-8,11H,9-10H2,1H3,(H2,18,19,20). The van der Waals surface area contributed by atoms with Crippen LogP contribution in [0.25, 0.3) is 0 Å². The molecule has 6 heteroatoms. The van der Waals surface area contributed by atoms with E-state index in [2.05, 4.69) is 10.6 Å². The number of halogens is 1. The lowest BCUT2D eigenvalue weighted by Crippen LogP contribution is -2.31. The number of anilines is 1. The topological polar surface area (TPSA) is 59.6 Å². The normalized spacial score (nSPS) is 10.1. The van der Waals surface area contributed by atoms with Crippen LogP contribution in [-0.4, -0.2) is 26.3 Å². The van der Waals surface area contributed by atoms with Gasteiger partial charge >= 0.3 is 6.03 Å². The molecule has 2 aromatic carbocycles. The second-order valence-corrected chi connectivity index (χ2v) is 4.87. The number of amides is 2. The Morgan fingerprint density at radius 2 is 1.95 bits per heavy atom. The van der Waals surface area contributed by atoms with Crippen LogP contribution in [0.1, 0.15) is 0 Å². The highest BCUT2D eigenvalue weighted by atomic mass is 35.5. The van der Waals surface area contributed by atoms with Gasteiger partial charge in [0.1, 0.15) is 5.75 Å². The van der Waals surface area contributed by atoms with Crippen LogP contribution in [0, 0.1) is 0 Å². The minimum absolute atomic E-state index is 0.350. The molecular formula is C16H17ClN2O3. The fourth-order valence-corrected chi connectivity index (χ4v) is 1.91. The van der Waals surface area contributed by atoms with Crippen LogP contribution >= 0.6 is 11.6 Å². The largest absolute Gasteiger partial charge is 0.455 e. The van der Waals surface area contributed by atoms with Gasteiger partial charge < -0.3 is 20.1 Å². The van der Waals surface area contributed by atoms with Gasteiger partial charge in [-0.3, -0.25) is 0 Å². The fraction of sp³-hybridized carbons (Fsp3) is 0.188. The van der Waals surface area contributed by atoms with Gasteiger partial charge in [0.15, 0.2) is 5.75 Å². The summed E-state index contributed by atoms with van der Waals surface area (Å²) in [5.74, 6) is 1.19. The molecule has 2 rings (SSSR count). The summed E-state index contributed by atoms with van der Waals surface area (Å²) in [6.45, 7) is 0.855. The maximum Gasteiger partial charge on any atom is 0.319 e. The van der Waals surface area contributed by atoms with E-state index in [-0.39, 0.29) is 6.03 Å². The average molecular weight is 321 g/mol. The van der Waals surface area contributed by atoms with Crippen LogP contribution in [0.4, 0.5) is 10.5 Å². The lowest BCUT2D eigenvalue weighted by molar-refractivity contribution is 0.198. The number of carbonyl (C=O) groups is 1. The first-order valence-electron chi connectivity index (χ1n) is 6.75. The van der Waals surface area contributed by atoms with Crippen molar-refractivity contribution in [3.63, 3.8) is 0 Å². The van der Waals surface area contributed by atoms with Crippen LogP contribution < -0.4 is 15.4 Å². The number of ether oxygens (including phenoxy) is 2. The Kier molecular flexibility index (Phi) is 6.06. The van der Waals surface area contributed by atoms with Gasteiger partial charge in [-0.15, -0.1) is 0 Å². The third-order valence-corrected chi connectivity index (χ3v) is 2.99. The van der Waals surface area contributed by atoms with E-state index in [0.29, 0.717) is 35.4 Å². The van der Waals surface area contributed by atoms with Crippen LogP contribution in [0.2, 0.25) is 5.02 Å². The third kappa shape index (κ3) is 4.95. The lowest BCUT2D eigenvalue weighted by Gasteiger charge is -2.13. The highest BCUT2D eigenvalue weighted by molar-refractivity contribution is 6.31. The van der Waals surface area contributed by atoms with E-state index in [4.69, 9.17) is 21.1 Å². The van der Waals surface area contributed by atoms with Crippen molar-refractivity contribution in [3.8, 4) is 11.5 Å². The van der Waals surface area contributed by atoms with Crippen LogP contribution in [-0.2, 0) is 4.74 Å². The maximum atomic E-state index is 11.8. The summed E-state index contributed by atoms with van der Waals surface area (Å²) < 4.78 is 10.6. The Hall–Kier alpha value is -2.24. The second-order valence-electron chi connectivity index (χ2n) is 4.43. The summed E-state index contributed by atoms with van der Waals surface area (Å²) in [6, 6.07) is 14.0. The number of nitrogens with one attached hydrogen (secondary N) is 2. The average Bonchev–Trinajstić information content (AvgIpc) is 2.51. The van der Waals surface area contributed by atoms with Crippen molar-refractivity contribution in [1.29, 1.82) is 0 Å². The summed E-state index contributed by atoms with van der Waals surface area (Å²) in [5.41, 5.74) is 0.492. The summed E-state index contributed by atoms with van der Waals surface area (Å²) >= 11 is 5.98. The van der Waals surface area contributed by atoms with E-state index in [1.54, 1.807) is 25.3 Å². The van der Waals surface area contributed by atoms with Crippen LogP contribution in [0.5, 0.6) is 11.5 Å². The molecule has 0 fully saturated rings. The third-order valence-electron chi connectivity index (χ3n) is 2.75. The van der Waals surface area contributed by atoms with Crippen molar-refractivity contribution in [2.24, 2.45) is 0 Å². The molecule has 0 bridgehead atoms. The number of carbonyl (C=O) groups excluding carboxylic acids is 1. The molecule has 116 valence electrons. The van der Waals surface area contributed by atoms with E-state index in [1.807, 2.05) is 30.3 Å². The van der Waals surface area contributed by atoms with E-state index < -0.39 is 0 Å². The van der Waals surface area contributed by atoms with Gasteiger partial charge in [0.2, 0.25) is 0 Å². The molecule has 2 amide bonds. The molecule has 2 N–H and O–H groups in total. The monoisotopic (exact) mass is 320 g/mol. The van der Waals surface area contributed by atoms with Gasteiger partial charge in [0.25, 0.3) is 0 Å². The first kappa shape index (κ1) is 16.1. The van der Waals surface area contributed by atoms with Gasteiger partial charge in [-0.25, -0.2) is 4.79 Å². The van der Waals surface area contributed by atoms with Gasteiger partial charge in [-0.2, -0.15) is 0 Å². The molecule has 0 spiro atoms. The summed E-state index contributed by atoms with van der Waals surface area (Å²) in [7, 11) is 1.57. The Balaban J connectivity index is 2.09. The minimum atomic E-state index is -0.350. The summed E-state index contributed by atoms with van der Waals surface area (Å²) in [6.07, 6.45) is 0. The zero-order valence-corrected chi connectivity index (χ0v) is 12.9. The molecule has 0 heterocycles. The van der Waals surface area contributed by atoms with Gasteiger partial charge in [-0.05, 0) is 30.3 Å². The number of methoxy groups -OCH3 is 1. The molecule has 0 unspecified atom stereocenters. The quantitative estimate of drug-likeness (QED) is 0.794. The van der Waals surface area contributed by atoms with Crippen molar-refractivity contribution in [3.05, 3.63) is 53.6 Å². The van der Waals surface area contributed by atoms with Crippen molar-refractivity contribution < 1.29 is 14.3 Å². The zero-order valence-electron chi connectivity index (χ0n) is 12.1.